The highest BCUT2D eigenvalue weighted by Gasteiger charge is 2.13. The first kappa shape index (κ1) is 8.71. The number of nitrogens with zero attached hydrogens (tertiary/aromatic N) is 4. The van der Waals surface area contributed by atoms with Crippen LogP contribution in [0.1, 0.15) is 19.3 Å². The van der Waals surface area contributed by atoms with Crippen LogP contribution in [0.4, 0.5) is 5.82 Å². The Balaban J connectivity index is 1.96. The van der Waals surface area contributed by atoms with E-state index in [-0.39, 0.29) is 0 Å². The smallest absolute Gasteiger partial charge is 0.157 e. The van der Waals surface area contributed by atoms with Gasteiger partial charge >= 0.3 is 0 Å². The summed E-state index contributed by atoms with van der Waals surface area (Å²) in [6, 6.07) is 3.96. The van der Waals surface area contributed by atoms with Crippen LogP contribution in [0.25, 0.3) is 5.65 Å². The van der Waals surface area contributed by atoms with Gasteiger partial charge < -0.3 is 4.90 Å². The lowest BCUT2D eigenvalue weighted by Gasteiger charge is -2.26. The van der Waals surface area contributed by atoms with Crippen LogP contribution in [0.5, 0.6) is 0 Å². The highest BCUT2D eigenvalue weighted by atomic mass is 15.3. The second-order valence-electron chi connectivity index (χ2n) is 3.97. The Bertz CT molecular complexity index is 423. The average molecular weight is 202 g/mol. The molecule has 78 valence electrons. The molecule has 1 aliphatic rings. The number of hydrogen-bond acceptors (Lipinski definition) is 3. The first-order valence-corrected chi connectivity index (χ1v) is 5.49. The van der Waals surface area contributed by atoms with Gasteiger partial charge in [0, 0.05) is 31.5 Å². The van der Waals surface area contributed by atoms with E-state index in [1.807, 2.05) is 16.8 Å². The first-order chi connectivity index (χ1) is 7.43. The zero-order valence-corrected chi connectivity index (χ0v) is 8.63. The Morgan fingerprint density at radius 3 is 2.80 bits per heavy atom. The summed E-state index contributed by atoms with van der Waals surface area (Å²) in [5.41, 5.74) is 0.929. The van der Waals surface area contributed by atoms with Gasteiger partial charge in [-0.2, -0.15) is 0 Å². The number of piperidine rings is 1. The summed E-state index contributed by atoms with van der Waals surface area (Å²) in [6.45, 7) is 2.26. The maximum atomic E-state index is 4.52. The molecule has 0 aromatic carbocycles. The van der Waals surface area contributed by atoms with Crippen molar-refractivity contribution < 1.29 is 0 Å². The topological polar surface area (TPSA) is 33.4 Å². The van der Waals surface area contributed by atoms with Gasteiger partial charge in [-0.05, 0) is 25.3 Å². The fraction of sp³-hybridized carbons (Fsp3) is 0.455. The van der Waals surface area contributed by atoms with Gasteiger partial charge in [-0.3, -0.25) is 0 Å². The van der Waals surface area contributed by atoms with E-state index in [1.54, 1.807) is 6.20 Å². The number of hydrogen-bond donors (Lipinski definition) is 0. The molecule has 0 saturated carbocycles. The van der Waals surface area contributed by atoms with E-state index < -0.39 is 0 Å². The van der Waals surface area contributed by atoms with Crippen molar-refractivity contribution >= 4 is 11.5 Å². The zero-order valence-electron chi connectivity index (χ0n) is 8.63. The van der Waals surface area contributed by atoms with Gasteiger partial charge in [0.25, 0.3) is 0 Å². The molecule has 3 heterocycles. The van der Waals surface area contributed by atoms with Crippen molar-refractivity contribution in [1.82, 2.24) is 14.6 Å². The molecule has 0 spiro atoms. The Morgan fingerprint density at radius 1 is 1.13 bits per heavy atom. The summed E-state index contributed by atoms with van der Waals surface area (Å²) in [5, 5.41) is 4.52. The minimum absolute atomic E-state index is 0.929. The molecule has 15 heavy (non-hydrogen) atoms. The van der Waals surface area contributed by atoms with E-state index in [9.17, 15) is 0 Å². The van der Waals surface area contributed by atoms with Crippen LogP contribution in [0.2, 0.25) is 0 Å². The maximum absolute atomic E-state index is 4.52. The van der Waals surface area contributed by atoms with Crippen molar-refractivity contribution in [2.75, 3.05) is 18.0 Å². The molecule has 1 fully saturated rings. The van der Waals surface area contributed by atoms with E-state index in [0.29, 0.717) is 0 Å². The molecule has 0 amide bonds. The third kappa shape index (κ3) is 1.56. The van der Waals surface area contributed by atoms with Crippen molar-refractivity contribution in [3.8, 4) is 0 Å². The largest absolute Gasteiger partial charge is 0.355 e. The first-order valence-electron chi connectivity index (χ1n) is 5.49. The summed E-state index contributed by atoms with van der Waals surface area (Å²) in [4.78, 5) is 6.62. The number of anilines is 1. The van der Waals surface area contributed by atoms with Crippen molar-refractivity contribution in [3.05, 3.63) is 24.5 Å². The van der Waals surface area contributed by atoms with Crippen LogP contribution >= 0.6 is 0 Å². The van der Waals surface area contributed by atoms with Crippen LogP contribution in [-0.4, -0.2) is 27.7 Å². The molecule has 1 saturated heterocycles. The summed E-state index contributed by atoms with van der Waals surface area (Å²) < 4.78 is 1.84. The van der Waals surface area contributed by atoms with E-state index in [0.717, 1.165) is 24.6 Å². The fourth-order valence-electron chi connectivity index (χ4n) is 2.10. The molecule has 2 aromatic heterocycles. The number of aromatic nitrogens is 3. The molecule has 0 atom stereocenters. The molecule has 3 rings (SSSR count). The molecule has 2 aromatic rings. The molecule has 0 aliphatic carbocycles. The van der Waals surface area contributed by atoms with Crippen molar-refractivity contribution in [3.63, 3.8) is 0 Å². The predicted octanol–water partition coefficient (Wildman–Crippen LogP) is 1.72. The molecule has 0 radical (unpaired) electrons. The van der Waals surface area contributed by atoms with Gasteiger partial charge in [0.15, 0.2) is 11.5 Å². The van der Waals surface area contributed by atoms with Gasteiger partial charge in [-0.15, -0.1) is 5.10 Å². The molecule has 0 bridgehead atoms. The van der Waals surface area contributed by atoms with Crippen molar-refractivity contribution in [2.45, 2.75) is 19.3 Å². The molecular formula is C11H14N4. The van der Waals surface area contributed by atoms with Gasteiger partial charge in [0.1, 0.15) is 0 Å². The van der Waals surface area contributed by atoms with Crippen LogP contribution in [0.15, 0.2) is 24.5 Å². The standard InChI is InChI=1S/C11H14N4/c1-2-6-14(7-3-1)11-9-10-12-5-4-8-15(10)13-11/h4-5,8-9H,1-3,6-7H2. The van der Waals surface area contributed by atoms with Crippen LogP contribution < -0.4 is 4.90 Å². The number of fused-ring (bicyclic) bond motifs is 1. The highest BCUT2D eigenvalue weighted by molar-refractivity contribution is 5.51. The van der Waals surface area contributed by atoms with E-state index >= 15 is 0 Å². The Morgan fingerprint density at radius 2 is 2.00 bits per heavy atom. The molecule has 1 aliphatic heterocycles. The fourth-order valence-corrected chi connectivity index (χ4v) is 2.10. The molecule has 0 N–H and O–H groups in total. The third-order valence-electron chi connectivity index (χ3n) is 2.90. The highest BCUT2D eigenvalue weighted by Crippen LogP contribution is 2.18. The number of rotatable bonds is 1. The lowest BCUT2D eigenvalue weighted by atomic mass is 10.1. The molecule has 4 heteroatoms. The van der Waals surface area contributed by atoms with Crippen LogP contribution in [-0.2, 0) is 0 Å². The minimum Gasteiger partial charge on any atom is -0.355 e. The third-order valence-corrected chi connectivity index (χ3v) is 2.90. The van der Waals surface area contributed by atoms with Gasteiger partial charge in [-0.25, -0.2) is 9.50 Å². The van der Waals surface area contributed by atoms with Crippen LogP contribution in [0.3, 0.4) is 0 Å². The lowest BCUT2D eigenvalue weighted by Crippen LogP contribution is -2.29. The van der Waals surface area contributed by atoms with Crippen LogP contribution in [0, 0.1) is 0 Å². The Labute approximate surface area is 88.5 Å². The average Bonchev–Trinajstić information content (AvgIpc) is 2.74. The van der Waals surface area contributed by atoms with E-state index in [4.69, 9.17) is 0 Å². The summed E-state index contributed by atoms with van der Waals surface area (Å²) >= 11 is 0. The minimum atomic E-state index is 0.929. The monoisotopic (exact) mass is 202 g/mol. The van der Waals surface area contributed by atoms with Gasteiger partial charge in [0.05, 0.1) is 0 Å². The maximum Gasteiger partial charge on any atom is 0.157 e. The zero-order chi connectivity index (χ0) is 10.1. The van der Waals surface area contributed by atoms with Gasteiger partial charge in [-0.1, -0.05) is 0 Å². The molecular weight excluding hydrogens is 188 g/mol. The second kappa shape index (κ2) is 3.53. The summed E-state index contributed by atoms with van der Waals surface area (Å²) in [6.07, 6.45) is 7.65. The molecule has 0 unspecified atom stereocenters. The van der Waals surface area contributed by atoms with E-state index in [2.05, 4.69) is 21.0 Å². The Kier molecular flexibility index (Phi) is 2.05. The summed E-state index contributed by atoms with van der Waals surface area (Å²) in [7, 11) is 0. The molecule has 4 nitrogen and oxygen atoms in total. The van der Waals surface area contributed by atoms with Gasteiger partial charge in [0.2, 0.25) is 0 Å². The van der Waals surface area contributed by atoms with Crippen molar-refractivity contribution in [1.29, 1.82) is 0 Å². The SMILES string of the molecule is c1cnc2cc(N3CCCCC3)nn2c1. The van der Waals surface area contributed by atoms with Crippen molar-refractivity contribution in [2.24, 2.45) is 0 Å². The Hall–Kier alpha value is -1.58. The lowest BCUT2D eigenvalue weighted by molar-refractivity contribution is 0.572. The summed E-state index contributed by atoms with van der Waals surface area (Å²) in [5.74, 6) is 1.06. The quantitative estimate of drug-likeness (QED) is 0.706. The van der Waals surface area contributed by atoms with E-state index in [1.165, 1.54) is 19.3 Å². The second-order valence-corrected chi connectivity index (χ2v) is 3.97. The predicted molar refractivity (Wildman–Crippen MR) is 59.1 cm³/mol. The normalized spacial score (nSPS) is 17.2.